The van der Waals surface area contributed by atoms with Crippen molar-refractivity contribution in [1.82, 2.24) is 10.3 Å². The Balaban J connectivity index is 1.93. The van der Waals surface area contributed by atoms with Crippen LogP contribution in [0.3, 0.4) is 0 Å². The number of nitrogens with one attached hydrogen (secondary N) is 1. The SMILES string of the molecule is CSC1(CNC(=O)c2ccnc(Br)c2)CC1. The van der Waals surface area contributed by atoms with E-state index >= 15 is 0 Å². The number of carbonyl (C=O) groups excluding carboxylic acids is 1. The fraction of sp³-hybridized carbons (Fsp3) is 0.455. The van der Waals surface area contributed by atoms with E-state index in [0.29, 0.717) is 14.9 Å². The van der Waals surface area contributed by atoms with Crippen LogP contribution in [0.5, 0.6) is 0 Å². The molecule has 5 heteroatoms. The van der Waals surface area contributed by atoms with Crippen molar-refractivity contribution in [2.45, 2.75) is 17.6 Å². The molecule has 1 aromatic heterocycles. The second kappa shape index (κ2) is 4.75. The molecule has 1 aromatic rings. The third-order valence-electron chi connectivity index (χ3n) is 2.80. The number of hydrogen-bond acceptors (Lipinski definition) is 3. The molecule has 3 nitrogen and oxygen atoms in total. The molecule has 86 valence electrons. The molecule has 1 fully saturated rings. The summed E-state index contributed by atoms with van der Waals surface area (Å²) in [6.45, 7) is 0.757. The number of rotatable bonds is 4. The molecule has 0 aromatic carbocycles. The van der Waals surface area contributed by atoms with Gasteiger partial charge in [-0.25, -0.2) is 4.98 Å². The van der Waals surface area contributed by atoms with Gasteiger partial charge in [0, 0.05) is 23.1 Å². The van der Waals surface area contributed by atoms with Crippen LogP contribution in [0.1, 0.15) is 23.2 Å². The normalized spacial score (nSPS) is 16.9. The highest BCUT2D eigenvalue weighted by Gasteiger charge is 2.41. The first kappa shape index (κ1) is 11.9. The van der Waals surface area contributed by atoms with E-state index in [9.17, 15) is 4.79 Å². The fourth-order valence-electron chi connectivity index (χ4n) is 1.48. The molecule has 0 unspecified atom stereocenters. The summed E-state index contributed by atoms with van der Waals surface area (Å²) in [6.07, 6.45) is 6.13. The highest BCUT2D eigenvalue weighted by molar-refractivity contribution is 9.10. The van der Waals surface area contributed by atoms with Crippen LogP contribution in [0, 0.1) is 0 Å². The number of carbonyl (C=O) groups is 1. The number of thioether (sulfide) groups is 1. The predicted molar refractivity (Wildman–Crippen MR) is 69.8 cm³/mol. The van der Waals surface area contributed by atoms with Gasteiger partial charge in [-0.2, -0.15) is 11.8 Å². The second-order valence-corrected chi connectivity index (χ2v) is 6.02. The molecule has 1 amide bonds. The Bertz CT molecular complexity index is 407. The first-order chi connectivity index (χ1) is 7.65. The Morgan fingerprint density at radius 1 is 1.69 bits per heavy atom. The number of hydrogen-bond donors (Lipinski definition) is 1. The van der Waals surface area contributed by atoms with E-state index in [4.69, 9.17) is 0 Å². The highest BCUT2D eigenvalue weighted by Crippen LogP contribution is 2.46. The molecular formula is C11H13BrN2OS. The maximum Gasteiger partial charge on any atom is 0.251 e. The molecule has 1 N–H and O–H groups in total. The molecule has 0 bridgehead atoms. The number of halogens is 1. The van der Waals surface area contributed by atoms with Crippen LogP contribution in [-0.2, 0) is 0 Å². The number of pyridine rings is 1. The van der Waals surface area contributed by atoms with Gasteiger partial charge in [-0.3, -0.25) is 4.79 Å². The fourth-order valence-corrected chi connectivity index (χ4v) is 2.57. The van der Waals surface area contributed by atoms with Crippen molar-refractivity contribution >= 4 is 33.6 Å². The molecule has 1 aliphatic rings. The van der Waals surface area contributed by atoms with Gasteiger partial charge in [-0.1, -0.05) is 0 Å². The van der Waals surface area contributed by atoms with Gasteiger partial charge in [0.15, 0.2) is 0 Å². The molecule has 1 heterocycles. The summed E-state index contributed by atoms with van der Waals surface area (Å²) in [5.41, 5.74) is 0.652. The molecule has 0 aliphatic heterocycles. The Hall–Kier alpha value is -0.550. The van der Waals surface area contributed by atoms with Crippen LogP contribution in [0.4, 0.5) is 0 Å². The maximum absolute atomic E-state index is 11.8. The molecule has 2 rings (SSSR count). The smallest absolute Gasteiger partial charge is 0.251 e. The zero-order valence-electron chi connectivity index (χ0n) is 9.00. The van der Waals surface area contributed by atoms with Gasteiger partial charge >= 0.3 is 0 Å². The molecule has 0 radical (unpaired) electrons. The monoisotopic (exact) mass is 300 g/mol. The van der Waals surface area contributed by atoms with E-state index in [1.807, 2.05) is 11.8 Å². The van der Waals surface area contributed by atoms with Crippen molar-refractivity contribution in [2.75, 3.05) is 12.8 Å². The van der Waals surface area contributed by atoms with Gasteiger partial charge in [-0.15, -0.1) is 0 Å². The third-order valence-corrected chi connectivity index (χ3v) is 4.65. The number of aromatic nitrogens is 1. The van der Waals surface area contributed by atoms with Crippen LogP contribution in [0.25, 0.3) is 0 Å². The van der Waals surface area contributed by atoms with Gasteiger partial charge in [0.1, 0.15) is 4.60 Å². The molecule has 16 heavy (non-hydrogen) atoms. The molecule has 0 spiro atoms. The lowest BCUT2D eigenvalue weighted by Crippen LogP contribution is -2.31. The second-order valence-electron chi connectivity index (χ2n) is 3.94. The predicted octanol–water partition coefficient (Wildman–Crippen LogP) is 2.47. The quantitative estimate of drug-likeness (QED) is 0.869. The first-order valence-electron chi connectivity index (χ1n) is 5.10. The van der Waals surface area contributed by atoms with Crippen LogP contribution in [0.2, 0.25) is 0 Å². The largest absolute Gasteiger partial charge is 0.351 e. The zero-order valence-corrected chi connectivity index (χ0v) is 11.4. The topological polar surface area (TPSA) is 42.0 Å². The molecule has 0 atom stereocenters. The van der Waals surface area contributed by atoms with Gasteiger partial charge < -0.3 is 5.32 Å². The van der Waals surface area contributed by atoms with E-state index < -0.39 is 0 Å². The van der Waals surface area contributed by atoms with E-state index in [0.717, 1.165) is 6.54 Å². The Kier molecular flexibility index (Phi) is 3.54. The lowest BCUT2D eigenvalue weighted by molar-refractivity contribution is 0.0953. The highest BCUT2D eigenvalue weighted by atomic mass is 79.9. The minimum atomic E-state index is -0.0246. The zero-order chi connectivity index (χ0) is 11.6. The lowest BCUT2D eigenvalue weighted by Gasteiger charge is -2.12. The van der Waals surface area contributed by atoms with Crippen molar-refractivity contribution in [2.24, 2.45) is 0 Å². The standard InChI is InChI=1S/C11H13BrN2OS/c1-16-11(3-4-11)7-14-10(15)8-2-5-13-9(12)6-8/h2,5-6H,3-4,7H2,1H3,(H,14,15). The van der Waals surface area contributed by atoms with Gasteiger partial charge in [-0.05, 0) is 47.2 Å². The van der Waals surface area contributed by atoms with Gasteiger partial charge in [0.25, 0.3) is 5.91 Å². The summed E-state index contributed by atoms with van der Waals surface area (Å²) in [7, 11) is 0. The minimum Gasteiger partial charge on any atom is -0.351 e. The van der Waals surface area contributed by atoms with Gasteiger partial charge in [0.05, 0.1) is 0 Å². The summed E-state index contributed by atoms with van der Waals surface area (Å²) in [6, 6.07) is 3.45. The molecule has 1 saturated carbocycles. The molecular weight excluding hydrogens is 288 g/mol. The summed E-state index contributed by atoms with van der Waals surface area (Å²) in [5.74, 6) is -0.0246. The van der Waals surface area contributed by atoms with E-state index in [-0.39, 0.29) is 5.91 Å². The average Bonchev–Trinajstić information content (AvgIpc) is 3.07. The van der Waals surface area contributed by atoms with Crippen molar-refractivity contribution in [1.29, 1.82) is 0 Å². The Labute approximate surface area is 108 Å². The van der Waals surface area contributed by atoms with E-state index in [2.05, 4.69) is 32.5 Å². The van der Waals surface area contributed by atoms with Crippen molar-refractivity contribution in [3.8, 4) is 0 Å². The summed E-state index contributed by atoms with van der Waals surface area (Å²) in [5, 5.41) is 2.97. The molecule has 0 saturated heterocycles. The van der Waals surface area contributed by atoms with Crippen LogP contribution in [0.15, 0.2) is 22.9 Å². The van der Waals surface area contributed by atoms with Crippen LogP contribution >= 0.6 is 27.7 Å². The maximum atomic E-state index is 11.8. The molecule has 1 aliphatic carbocycles. The Morgan fingerprint density at radius 3 is 3.00 bits per heavy atom. The van der Waals surface area contributed by atoms with Crippen molar-refractivity contribution < 1.29 is 4.79 Å². The van der Waals surface area contributed by atoms with Crippen molar-refractivity contribution in [3.05, 3.63) is 28.5 Å². The number of nitrogens with zero attached hydrogens (tertiary/aromatic N) is 1. The van der Waals surface area contributed by atoms with Crippen LogP contribution < -0.4 is 5.32 Å². The summed E-state index contributed by atoms with van der Waals surface area (Å²) in [4.78, 5) is 15.8. The lowest BCUT2D eigenvalue weighted by atomic mass is 10.2. The van der Waals surface area contributed by atoms with E-state index in [1.165, 1.54) is 12.8 Å². The first-order valence-corrected chi connectivity index (χ1v) is 7.12. The summed E-state index contributed by atoms with van der Waals surface area (Å²) < 4.78 is 0.992. The van der Waals surface area contributed by atoms with Gasteiger partial charge in [0.2, 0.25) is 0 Å². The van der Waals surface area contributed by atoms with E-state index in [1.54, 1.807) is 18.3 Å². The van der Waals surface area contributed by atoms with Crippen molar-refractivity contribution in [3.63, 3.8) is 0 Å². The third kappa shape index (κ3) is 2.77. The minimum absolute atomic E-state index is 0.0246. The average molecular weight is 301 g/mol. The summed E-state index contributed by atoms with van der Waals surface area (Å²) >= 11 is 5.09. The number of amides is 1. The Morgan fingerprint density at radius 2 is 2.44 bits per heavy atom. The van der Waals surface area contributed by atoms with Crippen LogP contribution in [-0.4, -0.2) is 28.4 Å².